The number of nitrogens with zero attached hydrogens (tertiary/aromatic N) is 3. The SMILES string of the molecule is CCn1c(SCC(=O)Nc2sc3c(c2C(N)=O)CCC(C)C3)nnc1-c1ccc(Cl)c(Cl)c1. The van der Waals surface area contributed by atoms with Gasteiger partial charge in [0.25, 0.3) is 5.91 Å². The summed E-state index contributed by atoms with van der Waals surface area (Å²) in [6.45, 7) is 4.79. The summed E-state index contributed by atoms with van der Waals surface area (Å²) < 4.78 is 1.91. The molecule has 0 saturated carbocycles. The second kappa shape index (κ2) is 10.0. The number of halogens is 2. The first kappa shape index (κ1) is 24.1. The Hall–Kier alpha value is -2.07. The van der Waals surface area contributed by atoms with E-state index in [1.165, 1.54) is 23.1 Å². The van der Waals surface area contributed by atoms with E-state index in [-0.39, 0.29) is 11.7 Å². The van der Waals surface area contributed by atoms with Crippen LogP contribution >= 0.6 is 46.3 Å². The lowest BCUT2D eigenvalue weighted by Crippen LogP contribution is -2.20. The zero-order chi connectivity index (χ0) is 23.7. The highest BCUT2D eigenvalue weighted by Crippen LogP contribution is 2.39. The normalized spacial score (nSPS) is 15.3. The summed E-state index contributed by atoms with van der Waals surface area (Å²) in [6.07, 6.45) is 2.73. The van der Waals surface area contributed by atoms with Crippen LogP contribution in [0.2, 0.25) is 10.0 Å². The highest BCUT2D eigenvalue weighted by Gasteiger charge is 2.27. The fourth-order valence-corrected chi connectivity index (χ4v) is 6.45. The van der Waals surface area contributed by atoms with Gasteiger partial charge < -0.3 is 15.6 Å². The van der Waals surface area contributed by atoms with Gasteiger partial charge in [-0.2, -0.15) is 0 Å². The van der Waals surface area contributed by atoms with E-state index in [1.807, 2.05) is 17.6 Å². The van der Waals surface area contributed by atoms with Gasteiger partial charge in [0, 0.05) is 17.0 Å². The molecule has 1 atom stereocenters. The van der Waals surface area contributed by atoms with E-state index >= 15 is 0 Å². The van der Waals surface area contributed by atoms with Gasteiger partial charge in [-0.25, -0.2) is 0 Å². The van der Waals surface area contributed by atoms with E-state index in [0.29, 0.717) is 44.1 Å². The number of nitrogens with one attached hydrogen (secondary N) is 1. The summed E-state index contributed by atoms with van der Waals surface area (Å²) in [7, 11) is 0. The second-order valence-corrected chi connectivity index (χ2v) is 10.8. The van der Waals surface area contributed by atoms with E-state index in [0.717, 1.165) is 35.3 Å². The highest BCUT2D eigenvalue weighted by atomic mass is 35.5. The summed E-state index contributed by atoms with van der Waals surface area (Å²) in [4.78, 5) is 26.0. The third-order valence-electron chi connectivity index (χ3n) is 5.55. The molecule has 0 spiro atoms. The molecule has 1 aromatic carbocycles. The van der Waals surface area contributed by atoms with Crippen LogP contribution in [0.4, 0.5) is 5.00 Å². The van der Waals surface area contributed by atoms with E-state index in [4.69, 9.17) is 28.9 Å². The average Bonchev–Trinajstić information content (AvgIpc) is 3.34. The third-order valence-corrected chi connectivity index (χ3v) is 8.43. The molecule has 174 valence electrons. The van der Waals surface area contributed by atoms with Crippen molar-refractivity contribution in [2.45, 2.75) is 44.8 Å². The van der Waals surface area contributed by atoms with Gasteiger partial charge in [-0.1, -0.05) is 41.9 Å². The molecule has 2 aromatic heterocycles. The maximum Gasteiger partial charge on any atom is 0.251 e. The van der Waals surface area contributed by atoms with Crippen LogP contribution in [0.15, 0.2) is 23.4 Å². The standard InChI is InChI=1S/C22H23Cl2N5O2S2/c1-3-29-20(12-5-7-14(23)15(24)9-12)27-28-22(29)32-10-17(30)26-21-18(19(25)31)13-6-4-11(2)8-16(13)33-21/h5,7,9,11H,3-4,6,8,10H2,1-2H3,(H2,25,31)(H,26,30). The summed E-state index contributed by atoms with van der Waals surface area (Å²) in [5.74, 6) is 0.602. The number of primary amides is 1. The van der Waals surface area contributed by atoms with Crippen molar-refractivity contribution in [2.75, 3.05) is 11.1 Å². The van der Waals surface area contributed by atoms with Crippen molar-refractivity contribution in [3.8, 4) is 11.4 Å². The van der Waals surface area contributed by atoms with E-state index in [1.54, 1.807) is 12.1 Å². The van der Waals surface area contributed by atoms with Gasteiger partial charge in [0.1, 0.15) is 5.00 Å². The van der Waals surface area contributed by atoms with Crippen LogP contribution in [0, 0.1) is 5.92 Å². The lowest BCUT2D eigenvalue weighted by Gasteiger charge is -2.18. The minimum atomic E-state index is -0.498. The van der Waals surface area contributed by atoms with Crippen LogP contribution in [-0.2, 0) is 24.2 Å². The Bertz CT molecular complexity index is 1220. The Kier molecular flexibility index (Phi) is 7.33. The van der Waals surface area contributed by atoms with Crippen LogP contribution in [-0.4, -0.2) is 32.3 Å². The fraction of sp³-hybridized carbons (Fsp3) is 0.364. The molecule has 0 fully saturated rings. The van der Waals surface area contributed by atoms with E-state index in [2.05, 4.69) is 22.4 Å². The van der Waals surface area contributed by atoms with Gasteiger partial charge in [0.2, 0.25) is 5.91 Å². The van der Waals surface area contributed by atoms with Gasteiger partial charge in [0.15, 0.2) is 11.0 Å². The number of fused-ring (bicyclic) bond motifs is 1. The summed E-state index contributed by atoms with van der Waals surface area (Å²) in [5.41, 5.74) is 7.89. The minimum absolute atomic E-state index is 0.122. The molecule has 0 radical (unpaired) electrons. The number of benzene rings is 1. The number of hydrogen-bond acceptors (Lipinski definition) is 6. The first-order valence-electron chi connectivity index (χ1n) is 10.5. The molecule has 11 heteroatoms. The molecule has 7 nitrogen and oxygen atoms in total. The molecule has 33 heavy (non-hydrogen) atoms. The molecule has 1 aliphatic rings. The Morgan fingerprint density at radius 1 is 1.30 bits per heavy atom. The van der Waals surface area contributed by atoms with Crippen LogP contribution < -0.4 is 11.1 Å². The number of thioether (sulfide) groups is 1. The van der Waals surface area contributed by atoms with Gasteiger partial charge in [-0.15, -0.1) is 21.5 Å². The molecular weight excluding hydrogens is 501 g/mol. The zero-order valence-electron chi connectivity index (χ0n) is 18.2. The number of rotatable bonds is 7. The molecule has 0 saturated heterocycles. The van der Waals surface area contributed by atoms with E-state index < -0.39 is 5.91 Å². The average molecular weight is 524 g/mol. The monoisotopic (exact) mass is 523 g/mol. The van der Waals surface area contributed by atoms with Gasteiger partial charge in [-0.05, 0) is 55.9 Å². The molecule has 3 N–H and O–H groups in total. The van der Waals surface area contributed by atoms with Gasteiger partial charge in [-0.3, -0.25) is 9.59 Å². The van der Waals surface area contributed by atoms with Crippen LogP contribution in [0.1, 0.15) is 41.1 Å². The predicted octanol–water partition coefficient (Wildman–Crippen LogP) is 5.29. The van der Waals surface area contributed by atoms with Crippen LogP contribution in [0.5, 0.6) is 0 Å². The summed E-state index contributed by atoms with van der Waals surface area (Å²) in [6, 6.07) is 5.29. The maximum absolute atomic E-state index is 12.7. The Morgan fingerprint density at radius 2 is 2.09 bits per heavy atom. The molecule has 1 unspecified atom stereocenters. The second-order valence-electron chi connectivity index (χ2n) is 7.94. The van der Waals surface area contributed by atoms with Gasteiger partial charge >= 0.3 is 0 Å². The van der Waals surface area contributed by atoms with E-state index in [9.17, 15) is 9.59 Å². The number of thiophene rings is 1. The maximum atomic E-state index is 12.7. The zero-order valence-corrected chi connectivity index (χ0v) is 21.3. The quantitative estimate of drug-likeness (QED) is 0.409. The van der Waals surface area contributed by atoms with Crippen LogP contribution in [0.25, 0.3) is 11.4 Å². The first-order chi connectivity index (χ1) is 15.8. The molecule has 2 amide bonds. The Labute approximate surface area is 210 Å². The Morgan fingerprint density at radius 3 is 2.79 bits per heavy atom. The van der Waals surface area contributed by atoms with Gasteiger partial charge in [0.05, 0.1) is 21.4 Å². The minimum Gasteiger partial charge on any atom is -0.365 e. The molecule has 0 bridgehead atoms. The van der Waals surface area contributed by atoms with Crippen molar-refractivity contribution < 1.29 is 9.59 Å². The predicted molar refractivity (Wildman–Crippen MR) is 135 cm³/mol. The van der Waals surface area contributed by atoms with Crippen molar-refractivity contribution in [1.29, 1.82) is 0 Å². The lowest BCUT2D eigenvalue weighted by atomic mass is 9.88. The topological polar surface area (TPSA) is 103 Å². The fourth-order valence-electron chi connectivity index (χ4n) is 3.92. The molecule has 3 aromatic rings. The summed E-state index contributed by atoms with van der Waals surface area (Å²) in [5, 5.41) is 13.5. The number of aromatic nitrogens is 3. The van der Waals surface area contributed by atoms with Crippen molar-refractivity contribution in [3.05, 3.63) is 44.2 Å². The lowest BCUT2D eigenvalue weighted by molar-refractivity contribution is -0.113. The number of nitrogens with two attached hydrogens (primary N) is 1. The van der Waals surface area contributed by atoms with Crippen molar-refractivity contribution in [2.24, 2.45) is 11.7 Å². The number of anilines is 1. The Balaban J connectivity index is 1.48. The first-order valence-corrected chi connectivity index (χ1v) is 13.1. The van der Waals surface area contributed by atoms with Crippen molar-refractivity contribution >= 4 is 63.1 Å². The number of amides is 2. The number of carbonyl (C=O) groups is 2. The number of hydrogen-bond donors (Lipinski definition) is 2. The molecule has 1 aliphatic carbocycles. The molecular formula is C22H23Cl2N5O2S2. The van der Waals surface area contributed by atoms with Crippen LogP contribution in [0.3, 0.4) is 0 Å². The van der Waals surface area contributed by atoms with Crippen molar-refractivity contribution in [1.82, 2.24) is 14.8 Å². The largest absolute Gasteiger partial charge is 0.365 e. The molecule has 0 aliphatic heterocycles. The number of carbonyl (C=O) groups excluding carboxylic acids is 2. The third kappa shape index (κ3) is 5.06. The highest BCUT2D eigenvalue weighted by molar-refractivity contribution is 7.99. The summed E-state index contributed by atoms with van der Waals surface area (Å²) >= 11 is 14.9. The smallest absolute Gasteiger partial charge is 0.251 e. The molecule has 2 heterocycles. The van der Waals surface area contributed by atoms with Crippen molar-refractivity contribution in [3.63, 3.8) is 0 Å². The molecule has 4 rings (SSSR count).